The number of hydrogen-bond acceptors (Lipinski definition) is 4. The zero-order valence-electron chi connectivity index (χ0n) is 16.2. The minimum atomic E-state index is -0.690. The zero-order valence-corrected chi connectivity index (χ0v) is 16.2. The molecule has 28 heavy (non-hydrogen) atoms. The Balaban J connectivity index is 1.58. The van der Waals surface area contributed by atoms with Crippen LogP contribution < -0.4 is 10.2 Å². The summed E-state index contributed by atoms with van der Waals surface area (Å²) in [5.41, 5.74) is 0.300. The highest BCUT2D eigenvalue weighted by Crippen LogP contribution is 2.44. The van der Waals surface area contributed by atoms with Crippen molar-refractivity contribution >= 4 is 23.5 Å². The number of anilines is 1. The number of benzene rings is 1. The molecule has 1 aliphatic carbocycles. The molecule has 7 heteroatoms. The summed E-state index contributed by atoms with van der Waals surface area (Å²) in [6.07, 6.45) is 3.74. The van der Waals surface area contributed by atoms with Crippen LogP contribution in [0, 0.1) is 11.8 Å². The van der Waals surface area contributed by atoms with Gasteiger partial charge in [-0.3, -0.25) is 19.8 Å². The molecular formula is C21H27N3O4. The molecule has 1 aromatic carbocycles. The van der Waals surface area contributed by atoms with E-state index in [1.807, 2.05) is 11.8 Å². The first-order valence-electron chi connectivity index (χ1n) is 10.1. The Bertz CT molecular complexity index is 811. The van der Waals surface area contributed by atoms with Gasteiger partial charge in [0.15, 0.2) is 0 Å². The number of nitrogens with one attached hydrogen (secondary N) is 1. The Hall–Kier alpha value is -2.41. The second kappa shape index (κ2) is 7.20. The molecule has 2 N–H and O–H groups in total. The maximum atomic E-state index is 13.3. The summed E-state index contributed by atoms with van der Waals surface area (Å²) >= 11 is 0. The molecule has 2 heterocycles. The quantitative estimate of drug-likeness (QED) is 0.834. The highest BCUT2D eigenvalue weighted by Gasteiger charge is 2.49. The van der Waals surface area contributed by atoms with Crippen LogP contribution in [0.25, 0.3) is 0 Å². The van der Waals surface area contributed by atoms with Crippen LogP contribution in [0.15, 0.2) is 24.3 Å². The number of nitrogens with zero attached hydrogens (tertiary/aromatic N) is 2. The monoisotopic (exact) mass is 385 g/mol. The van der Waals surface area contributed by atoms with Gasteiger partial charge in [0, 0.05) is 32.0 Å². The van der Waals surface area contributed by atoms with Gasteiger partial charge in [-0.25, -0.2) is 4.79 Å². The zero-order chi connectivity index (χ0) is 19.9. The number of aliphatic hydroxyl groups is 1. The van der Waals surface area contributed by atoms with E-state index in [-0.39, 0.29) is 30.7 Å². The molecule has 0 spiro atoms. The van der Waals surface area contributed by atoms with E-state index in [1.165, 1.54) is 4.90 Å². The van der Waals surface area contributed by atoms with E-state index in [2.05, 4.69) is 5.32 Å². The van der Waals surface area contributed by atoms with Crippen molar-refractivity contribution in [3.05, 3.63) is 29.8 Å². The van der Waals surface area contributed by atoms with Crippen LogP contribution in [-0.2, 0) is 4.79 Å². The number of carbonyl (C=O) groups excluding carboxylic acids is 3. The van der Waals surface area contributed by atoms with E-state index >= 15 is 0 Å². The van der Waals surface area contributed by atoms with E-state index in [4.69, 9.17) is 0 Å². The second-order valence-electron chi connectivity index (χ2n) is 8.20. The molecule has 2 saturated heterocycles. The van der Waals surface area contributed by atoms with E-state index < -0.39 is 11.6 Å². The summed E-state index contributed by atoms with van der Waals surface area (Å²) in [7, 11) is 0. The third kappa shape index (κ3) is 3.17. The largest absolute Gasteiger partial charge is 0.390 e. The molecule has 1 saturated carbocycles. The minimum Gasteiger partial charge on any atom is -0.390 e. The summed E-state index contributed by atoms with van der Waals surface area (Å²) in [6, 6.07) is 6.56. The van der Waals surface area contributed by atoms with E-state index in [0.717, 1.165) is 19.3 Å². The van der Waals surface area contributed by atoms with Crippen LogP contribution in [0.5, 0.6) is 0 Å². The number of fused-ring (bicyclic) bond motifs is 1. The maximum absolute atomic E-state index is 13.3. The van der Waals surface area contributed by atoms with Gasteiger partial charge in [-0.05, 0) is 37.3 Å². The average molecular weight is 385 g/mol. The second-order valence-corrected chi connectivity index (χ2v) is 8.20. The van der Waals surface area contributed by atoms with Crippen molar-refractivity contribution in [2.45, 2.75) is 44.6 Å². The standard InChI is InChI=1S/C21H27N3O4/c1-2-21(28)10-5-6-14-12-23(13-16(14)21)19(26)15-7-3-4-8-17(15)24-11-9-18(25)22-20(24)27/h3-4,7-8,14,16,28H,2,5-6,9-13H2,1H3,(H,22,25,27)/t14-,16+,21-/m0/s1. The van der Waals surface area contributed by atoms with Crippen molar-refractivity contribution in [1.82, 2.24) is 10.2 Å². The fourth-order valence-corrected chi connectivity index (χ4v) is 5.09. The summed E-state index contributed by atoms with van der Waals surface area (Å²) in [6.45, 7) is 3.46. The Kier molecular flexibility index (Phi) is 4.87. The number of amides is 4. The third-order valence-corrected chi connectivity index (χ3v) is 6.69. The number of rotatable bonds is 3. The van der Waals surface area contributed by atoms with Crippen molar-refractivity contribution in [3.8, 4) is 0 Å². The van der Waals surface area contributed by atoms with Gasteiger partial charge < -0.3 is 10.0 Å². The van der Waals surface area contributed by atoms with Crippen LogP contribution in [0.1, 0.15) is 49.4 Å². The molecule has 0 aromatic heterocycles. The molecule has 4 rings (SSSR count). The van der Waals surface area contributed by atoms with Gasteiger partial charge >= 0.3 is 6.03 Å². The summed E-state index contributed by atoms with van der Waals surface area (Å²) in [5, 5.41) is 13.3. The molecule has 3 atom stereocenters. The first kappa shape index (κ1) is 18.9. The Labute approximate surface area is 164 Å². The molecule has 4 amide bonds. The van der Waals surface area contributed by atoms with E-state index in [0.29, 0.717) is 36.7 Å². The number of carbonyl (C=O) groups is 3. The minimum absolute atomic E-state index is 0.110. The fourth-order valence-electron chi connectivity index (χ4n) is 5.09. The first-order valence-corrected chi connectivity index (χ1v) is 10.1. The highest BCUT2D eigenvalue weighted by atomic mass is 16.3. The first-order chi connectivity index (χ1) is 13.4. The number of urea groups is 1. The summed E-state index contributed by atoms with van der Waals surface area (Å²) < 4.78 is 0. The lowest BCUT2D eigenvalue weighted by molar-refractivity contribution is -0.120. The SMILES string of the molecule is CC[C@]1(O)CCC[C@H]2CN(C(=O)c3ccccc3N3CCC(=O)NC3=O)C[C@H]21. The molecule has 3 aliphatic rings. The molecule has 150 valence electrons. The number of para-hydroxylation sites is 1. The number of imide groups is 1. The van der Waals surface area contributed by atoms with Crippen LogP contribution in [-0.4, -0.2) is 53.1 Å². The molecule has 7 nitrogen and oxygen atoms in total. The normalized spacial score (nSPS) is 30.2. The van der Waals surface area contributed by atoms with Gasteiger partial charge in [-0.2, -0.15) is 0 Å². The molecule has 0 radical (unpaired) electrons. The van der Waals surface area contributed by atoms with Gasteiger partial charge in [-0.1, -0.05) is 25.5 Å². The number of hydrogen-bond donors (Lipinski definition) is 2. The summed E-state index contributed by atoms with van der Waals surface area (Å²) in [4.78, 5) is 40.3. The van der Waals surface area contributed by atoms with E-state index in [9.17, 15) is 19.5 Å². The Morgan fingerprint density at radius 3 is 2.82 bits per heavy atom. The lowest BCUT2D eigenvalue weighted by atomic mass is 9.69. The average Bonchev–Trinajstić information content (AvgIpc) is 3.14. The van der Waals surface area contributed by atoms with Gasteiger partial charge in [0.25, 0.3) is 5.91 Å². The molecule has 2 aliphatic heterocycles. The van der Waals surface area contributed by atoms with Crippen LogP contribution in [0.2, 0.25) is 0 Å². The van der Waals surface area contributed by atoms with Crippen LogP contribution in [0.4, 0.5) is 10.5 Å². The molecule has 0 bridgehead atoms. The predicted octanol–water partition coefficient (Wildman–Crippen LogP) is 2.15. The van der Waals surface area contributed by atoms with Gasteiger partial charge in [0.2, 0.25) is 5.91 Å². The highest BCUT2D eigenvalue weighted by molar-refractivity contribution is 6.09. The number of likely N-dealkylation sites (tertiary alicyclic amines) is 1. The third-order valence-electron chi connectivity index (χ3n) is 6.69. The smallest absolute Gasteiger partial charge is 0.328 e. The predicted molar refractivity (Wildman–Crippen MR) is 104 cm³/mol. The fraction of sp³-hybridized carbons (Fsp3) is 0.571. The van der Waals surface area contributed by atoms with Crippen molar-refractivity contribution in [2.75, 3.05) is 24.5 Å². The van der Waals surface area contributed by atoms with Crippen molar-refractivity contribution < 1.29 is 19.5 Å². The topological polar surface area (TPSA) is 89.9 Å². The summed E-state index contributed by atoms with van der Waals surface area (Å²) in [5.74, 6) is 0.0182. The van der Waals surface area contributed by atoms with Crippen LogP contribution >= 0.6 is 0 Å². The molecule has 0 unspecified atom stereocenters. The van der Waals surface area contributed by atoms with Crippen molar-refractivity contribution in [1.29, 1.82) is 0 Å². The van der Waals surface area contributed by atoms with Crippen molar-refractivity contribution in [2.24, 2.45) is 11.8 Å². The van der Waals surface area contributed by atoms with E-state index in [1.54, 1.807) is 24.3 Å². The van der Waals surface area contributed by atoms with Gasteiger partial charge in [-0.15, -0.1) is 0 Å². The maximum Gasteiger partial charge on any atom is 0.328 e. The van der Waals surface area contributed by atoms with Crippen molar-refractivity contribution in [3.63, 3.8) is 0 Å². The molecule has 1 aromatic rings. The Morgan fingerprint density at radius 1 is 1.29 bits per heavy atom. The van der Waals surface area contributed by atoms with Crippen LogP contribution in [0.3, 0.4) is 0 Å². The van der Waals surface area contributed by atoms with Gasteiger partial charge in [0.05, 0.1) is 16.9 Å². The molecule has 3 fully saturated rings. The lowest BCUT2D eigenvalue weighted by Crippen LogP contribution is -2.50. The van der Waals surface area contributed by atoms with Gasteiger partial charge in [0.1, 0.15) is 0 Å². The molecular weight excluding hydrogens is 358 g/mol. The lowest BCUT2D eigenvalue weighted by Gasteiger charge is -2.40. The Morgan fingerprint density at radius 2 is 2.07 bits per heavy atom.